The fourth-order valence-corrected chi connectivity index (χ4v) is 3.25. The van der Waals surface area contributed by atoms with Gasteiger partial charge in [-0.15, -0.1) is 5.10 Å². The molecule has 1 fully saturated rings. The quantitative estimate of drug-likeness (QED) is 0.712. The molecular formula is C20H21N5O2. The van der Waals surface area contributed by atoms with Gasteiger partial charge < -0.3 is 9.64 Å². The smallest absolute Gasteiger partial charge is 0.254 e. The van der Waals surface area contributed by atoms with Gasteiger partial charge in [0.2, 0.25) is 0 Å². The molecule has 2 aromatic carbocycles. The molecule has 0 spiro atoms. The van der Waals surface area contributed by atoms with Gasteiger partial charge in [0.05, 0.1) is 18.8 Å². The monoisotopic (exact) mass is 363 g/mol. The first-order chi connectivity index (χ1) is 13.0. The summed E-state index contributed by atoms with van der Waals surface area (Å²) in [7, 11) is 0. The Balaban J connectivity index is 1.43. The van der Waals surface area contributed by atoms with Crippen LogP contribution in [0.5, 0.6) is 5.75 Å². The molecule has 0 radical (unpaired) electrons. The fraction of sp³-hybridized carbons (Fsp3) is 0.300. The second-order valence-electron chi connectivity index (χ2n) is 6.86. The van der Waals surface area contributed by atoms with Crippen LogP contribution in [0.25, 0.3) is 5.69 Å². The summed E-state index contributed by atoms with van der Waals surface area (Å²) in [6.45, 7) is 7.06. The Labute approximate surface area is 157 Å². The minimum atomic E-state index is -0.0102. The van der Waals surface area contributed by atoms with Crippen molar-refractivity contribution < 1.29 is 9.53 Å². The van der Waals surface area contributed by atoms with Crippen molar-refractivity contribution >= 4 is 5.91 Å². The van der Waals surface area contributed by atoms with Crippen molar-refractivity contribution in [1.29, 1.82) is 0 Å². The van der Waals surface area contributed by atoms with Gasteiger partial charge in [-0.3, -0.25) is 4.79 Å². The van der Waals surface area contributed by atoms with Gasteiger partial charge in [0.15, 0.2) is 5.82 Å². The van der Waals surface area contributed by atoms with Gasteiger partial charge in [0, 0.05) is 5.56 Å². The molecule has 138 valence electrons. The van der Waals surface area contributed by atoms with Crippen molar-refractivity contribution in [3.05, 3.63) is 65.0 Å². The number of amides is 1. The third-order valence-corrected chi connectivity index (χ3v) is 4.79. The molecule has 1 amide bonds. The topological polar surface area (TPSA) is 73.1 Å². The SMILES string of the molecule is Cc1cccc(C)c1OC1CN(C(=O)c2cccc(-n3nnnc3C)c2)C1. The van der Waals surface area contributed by atoms with E-state index in [9.17, 15) is 4.79 Å². The highest BCUT2D eigenvalue weighted by molar-refractivity contribution is 5.95. The van der Waals surface area contributed by atoms with Crippen LogP contribution < -0.4 is 4.74 Å². The van der Waals surface area contributed by atoms with Crippen LogP contribution in [0.15, 0.2) is 42.5 Å². The molecule has 7 nitrogen and oxygen atoms in total. The van der Waals surface area contributed by atoms with Crippen LogP contribution in [-0.4, -0.2) is 50.2 Å². The molecule has 7 heteroatoms. The zero-order chi connectivity index (χ0) is 19.0. The lowest BCUT2D eigenvalue weighted by molar-refractivity contribution is 0.0173. The van der Waals surface area contributed by atoms with E-state index in [1.807, 2.05) is 63.2 Å². The number of nitrogens with zero attached hydrogens (tertiary/aromatic N) is 5. The summed E-state index contributed by atoms with van der Waals surface area (Å²) in [5.41, 5.74) is 3.62. The zero-order valence-electron chi connectivity index (χ0n) is 15.6. The number of aryl methyl sites for hydroxylation is 3. The number of rotatable bonds is 4. The first kappa shape index (κ1) is 17.2. The third kappa shape index (κ3) is 3.28. The number of tetrazole rings is 1. The summed E-state index contributed by atoms with van der Waals surface area (Å²) in [4.78, 5) is 14.6. The number of hydrogen-bond donors (Lipinski definition) is 0. The maximum Gasteiger partial charge on any atom is 0.254 e. The Kier molecular flexibility index (Phi) is 4.35. The molecule has 1 aliphatic heterocycles. The molecule has 2 heterocycles. The Bertz CT molecular complexity index is 971. The molecule has 4 rings (SSSR count). The van der Waals surface area contributed by atoms with E-state index < -0.39 is 0 Å². The molecule has 0 N–H and O–H groups in total. The van der Waals surface area contributed by atoms with Crippen molar-refractivity contribution in [2.24, 2.45) is 0 Å². The molecular weight excluding hydrogens is 342 g/mol. The number of likely N-dealkylation sites (tertiary alicyclic amines) is 1. The van der Waals surface area contributed by atoms with Gasteiger partial charge >= 0.3 is 0 Å². The van der Waals surface area contributed by atoms with Crippen LogP contribution in [0.3, 0.4) is 0 Å². The summed E-state index contributed by atoms with van der Waals surface area (Å²) in [6, 6.07) is 13.4. The number of carbonyl (C=O) groups is 1. The number of benzene rings is 2. The number of aromatic nitrogens is 4. The molecule has 1 aliphatic rings. The van der Waals surface area contributed by atoms with Gasteiger partial charge in [0.25, 0.3) is 5.91 Å². The standard InChI is InChI=1S/C20H21N5O2/c1-13-6-4-7-14(2)19(13)27-18-11-24(12-18)20(26)16-8-5-9-17(10-16)25-15(3)21-22-23-25/h4-10,18H,11-12H2,1-3H3. The molecule has 0 unspecified atom stereocenters. The van der Waals surface area contributed by atoms with Crippen LogP contribution in [-0.2, 0) is 0 Å². The number of hydrogen-bond acceptors (Lipinski definition) is 5. The summed E-state index contributed by atoms with van der Waals surface area (Å²) in [5, 5.41) is 11.5. The maximum atomic E-state index is 12.8. The molecule has 27 heavy (non-hydrogen) atoms. The minimum absolute atomic E-state index is 0.0102. The van der Waals surface area contributed by atoms with Crippen LogP contribution in [0.1, 0.15) is 27.3 Å². The predicted octanol–water partition coefficient (Wildman–Crippen LogP) is 2.49. The first-order valence-corrected chi connectivity index (χ1v) is 8.90. The first-order valence-electron chi connectivity index (χ1n) is 8.90. The van der Waals surface area contributed by atoms with E-state index in [1.54, 1.807) is 9.58 Å². The van der Waals surface area contributed by atoms with Crippen molar-refractivity contribution in [2.75, 3.05) is 13.1 Å². The normalized spacial score (nSPS) is 14.1. The second kappa shape index (κ2) is 6.83. The molecule has 1 aromatic heterocycles. The largest absolute Gasteiger partial charge is 0.486 e. The van der Waals surface area contributed by atoms with Gasteiger partial charge in [-0.25, -0.2) is 0 Å². The highest BCUT2D eigenvalue weighted by atomic mass is 16.5. The Morgan fingerprint density at radius 2 is 1.78 bits per heavy atom. The molecule has 0 aliphatic carbocycles. The lowest BCUT2D eigenvalue weighted by Gasteiger charge is -2.39. The van der Waals surface area contributed by atoms with Gasteiger partial charge in [-0.05, 0) is 60.5 Å². The number of para-hydroxylation sites is 1. The van der Waals surface area contributed by atoms with Gasteiger partial charge in [-0.1, -0.05) is 24.3 Å². The van der Waals surface area contributed by atoms with Gasteiger partial charge in [-0.2, -0.15) is 4.68 Å². The van der Waals surface area contributed by atoms with Crippen molar-refractivity contribution in [2.45, 2.75) is 26.9 Å². The molecule has 3 aromatic rings. The van der Waals surface area contributed by atoms with E-state index in [-0.39, 0.29) is 12.0 Å². The summed E-state index contributed by atoms with van der Waals surface area (Å²) in [5.74, 6) is 1.58. The van der Waals surface area contributed by atoms with Crippen molar-refractivity contribution in [3.8, 4) is 11.4 Å². The highest BCUT2D eigenvalue weighted by Crippen LogP contribution is 2.26. The number of ether oxygens (including phenoxy) is 1. The van der Waals surface area contributed by atoms with Crippen molar-refractivity contribution in [1.82, 2.24) is 25.1 Å². The number of carbonyl (C=O) groups excluding carboxylic acids is 1. The van der Waals surface area contributed by atoms with E-state index in [0.29, 0.717) is 24.5 Å². The molecule has 1 saturated heterocycles. The highest BCUT2D eigenvalue weighted by Gasteiger charge is 2.33. The van der Waals surface area contributed by atoms with Crippen LogP contribution >= 0.6 is 0 Å². The fourth-order valence-electron chi connectivity index (χ4n) is 3.25. The van der Waals surface area contributed by atoms with Crippen molar-refractivity contribution in [3.63, 3.8) is 0 Å². The summed E-state index contributed by atoms with van der Waals surface area (Å²) in [6.07, 6.45) is 0.0266. The predicted molar refractivity (Wildman–Crippen MR) is 100 cm³/mol. The Morgan fingerprint density at radius 1 is 1.07 bits per heavy atom. The molecule has 0 bridgehead atoms. The molecule has 0 atom stereocenters. The van der Waals surface area contributed by atoms with E-state index in [4.69, 9.17) is 4.74 Å². The second-order valence-corrected chi connectivity index (χ2v) is 6.86. The summed E-state index contributed by atoms with van der Waals surface area (Å²) >= 11 is 0. The Morgan fingerprint density at radius 3 is 2.44 bits per heavy atom. The van der Waals surface area contributed by atoms with Crippen LogP contribution in [0, 0.1) is 20.8 Å². The van der Waals surface area contributed by atoms with E-state index in [2.05, 4.69) is 15.5 Å². The summed E-state index contributed by atoms with van der Waals surface area (Å²) < 4.78 is 7.71. The van der Waals surface area contributed by atoms with E-state index in [0.717, 1.165) is 22.6 Å². The maximum absolute atomic E-state index is 12.8. The van der Waals surface area contributed by atoms with E-state index in [1.165, 1.54) is 0 Å². The third-order valence-electron chi connectivity index (χ3n) is 4.79. The zero-order valence-corrected chi connectivity index (χ0v) is 15.6. The van der Waals surface area contributed by atoms with Gasteiger partial charge in [0.1, 0.15) is 11.9 Å². The minimum Gasteiger partial charge on any atom is -0.486 e. The lowest BCUT2D eigenvalue weighted by atomic mass is 10.1. The average molecular weight is 363 g/mol. The van der Waals surface area contributed by atoms with E-state index >= 15 is 0 Å². The molecule has 0 saturated carbocycles. The van der Waals surface area contributed by atoms with Crippen LogP contribution in [0.2, 0.25) is 0 Å². The lowest BCUT2D eigenvalue weighted by Crippen LogP contribution is -2.56. The van der Waals surface area contributed by atoms with Crippen LogP contribution in [0.4, 0.5) is 0 Å². The Hall–Kier alpha value is -3.22. The average Bonchev–Trinajstić information content (AvgIpc) is 3.05.